The second-order valence-electron chi connectivity index (χ2n) is 6.50. The summed E-state index contributed by atoms with van der Waals surface area (Å²) in [6.45, 7) is 1.63. The Hall–Kier alpha value is -2.88. The van der Waals surface area contributed by atoms with Gasteiger partial charge in [0.25, 0.3) is 0 Å². The highest BCUT2D eigenvalue weighted by Crippen LogP contribution is 2.24. The van der Waals surface area contributed by atoms with Crippen molar-refractivity contribution in [1.82, 2.24) is 4.98 Å². The van der Waals surface area contributed by atoms with Crippen LogP contribution in [-0.4, -0.2) is 22.8 Å². The first kappa shape index (κ1) is 15.6. The van der Waals surface area contributed by atoms with E-state index in [1.165, 1.54) is 11.1 Å². The lowest BCUT2D eigenvalue weighted by Crippen LogP contribution is -2.24. The number of fused-ring (bicyclic) bond motifs is 2. The molecule has 4 heteroatoms. The van der Waals surface area contributed by atoms with E-state index in [4.69, 9.17) is 4.74 Å². The maximum atomic E-state index is 12.6. The number of ether oxygens (including phenoxy) is 1. The van der Waals surface area contributed by atoms with Crippen LogP contribution < -0.4 is 0 Å². The molecule has 0 amide bonds. The molecule has 1 heterocycles. The number of H-pyrrole nitrogens is 1. The summed E-state index contributed by atoms with van der Waals surface area (Å²) in [7, 11) is 0. The van der Waals surface area contributed by atoms with Crippen molar-refractivity contribution in [3.05, 3.63) is 70.9 Å². The Morgan fingerprint density at radius 2 is 1.88 bits per heavy atom. The molecule has 25 heavy (non-hydrogen) atoms. The van der Waals surface area contributed by atoms with Gasteiger partial charge >= 0.3 is 5.97 Å². The van der Waals surface area contributed by atoms with Crippen molar-refractivity contribution in [2.75, 3.05) is 0 Å². The van der Waals surface area contributed by atoms with Gasteiger partial charge in [-0.3, -0.25) is 4.79 Å². The summed E-state index contributed by atoms with van der Waals surface area (Å²) in [4.78, 5) is 28.1. The van der Waals surface area contributed by atoms with Crippen LogP contribution in [0, 0.1) is 0 Å². The summed E-state index contributed by atoms with van der Waals surface area (Å²) in [5.74, 6) is -0.651. The number of para-hydroxylation sites is 1. The zero-order chi connectivity index (χ0) is 17.4. The summed E-state index contributed by atoms with van der Waals surface area (Å²) in [5.41, 5.74) is 4.48. The molecule has 0 bridgehead atoms. The van der Waals surface area contributed by atoms with Crippen molar-refractivity contribution < 1.29 is 14.3 Å². The third-order valence-corrected chi connectivity index (χ3v) is 4.85. The maximum Gasteiger partial charge on any atom is 0.341 e. The number of nitrogens with one attached hydrogen (secondary N) is 1. The first-order chi connectivity index (χ1) is 12.1. The van der Waals surface area contributed by atoms with Crippen molar-refractivity contribution in [2.45, 2.75) is 32.3 Å². The smallest absolute Gasteiger partial charge is 0.341 e. The summed E-state index contributed by atoms with van der Waals surface area (Å²) >= 11 is 0. The van der Waals surface area contributed by atoms with Crippen LogP contribution >= 0.6 is 0 Å². The van der Waals surface area contributed by atoms with Gasteiger partial charge in [-0.05, 0) is 49.4 Å². The summed E-state index contributed by atoms with van der Waals surface area (Å²) in [6.07, 6.45) is 4.03. The number of aryl methyl sites for hydroxylation is 2. The van der Waals surface area contributed by atoms with Gasteiger partial charge in [-0.1, -0.05) is 30.3 Å². The van der Waals surface area contributed by atoms with Gasteiger partial charge in [0.1, 0.15) is 0 Å². The molecular formula is C21H19NO3. The number of Topliss-reactive ketones (excluding diaryl/α,β-unsaturated/α-hetero) is 1. The van der Waals surface area contributed by atoms with Gasteiger partial charge < -0.3 is 9.72 Å². The van der Waals surface area contributed by atoms with Gasteiger partial charge in [0.2, 0.25) is 5.78 Å². The van der Waals surface area contributed by atoms with Gasteiger partial charge in [-0.25, -0.2) is 4.79 Å². The second-order valence-corrected chi connectivity index (χ2v) is 6.50. The molecule has 0 spiro atoms. The number of rotatable bonds is 4. The molecule has 1 aromatic heterocycles. The highest BCUT2D eigenvalue weighted by Gasteiger charge is 2.23. The lowest BCUT2D eigenvalue weighted by Gasteiger charge is -2.13. The van der Waals surface area contributed by atoms with Crippen LogP contribution in [0.2, 0.25) is 0 Å². The minimum atomic E-state index is -0.819. The van der Waals surface area contributed by atoms with E-state index in [-0.39, 0.29) is 5.78 Å². The number of hydrogen-bond acceptors (Lipinski definition) is 3. The normalized spacial score (nSPS) is 14.3. The number of esters is 1. The standard InChI is InChI=1S/C21H19NO3/c1-13(20(23)16-10-9-14-5-4-6-15(14)11-16)25-21(24)18-12-22-19-8-3-2-7-17(18)19/h2-3,7-13,22H,4-6H2,1H3/t13-/m0/s1. The van der Waals surface area contributed by atoms with Gasteiger partial charge in [0.15, 0.2) is 6.10 Å². The van der Waals surface area contributed by atoms with Crippen LogP contribution in [0.4, 0.5) is 0 Å². The maximum absolute atomic E-state index is 12.6. The molecule has 0 saturated carbocycles. The summed E-state index contributed by atoms with van der Waals surface area (Å²) in [5, 5.41) is 0.796. The summed E-state index contributed by atoms with van der Waals surface area (Å²) < 4.78 is 5.43. The highest BCUT2D eigenvalue weighted by atomic mass is 16.5. The zero-order valence-electron chi connectivity index (χ0n) is 14.0. The Bertz CT molecular complexity index is 970. The Balaban J connectivity index is 1.52. The van der Waals surface area contributed by atoms with E-state index < -0.39 is 12.1 Å². The number of benzene rings is 2. The monoisotopic (exact) mass is 333 g/mol. The van der Waals surface area contributed by atoms with Gasteiger partial charge in [-0.15, -0.1) is 0 Å². The Kier molecular flexibility index (Phi) is 3.88. The third kappa shape index (κ3) is 2.84. The molecule has 1 N–H and O–H groups in total. The van der Waals surface area contributed by atoms with Gasteiger partial charge in [0, 0.05) is 22.7 Å². The van der Waals surface area contributed by atoms with Crippen LogP contribution in [0.3, 0.4) is 0 Å². The third-order valence-electron chi connectivity index (χ3n) is 4.85. The van der Waals surface area contributed by atoms with Gasteiger partial charge in [-0.2, -0.15) is 0 Å². The number of hydrogen-bond donors (Lipinski definition) is 1. The summed E-state index contributed by atoms with van der Waals surface area (Å²) in [6, 6.07) is 13.3. The van der Waals surface area contributed by atoms with Crippen LogP contribution in [-0.2, 0) is 17.6 Å². The lowest BCUT2D eigenvalue weighted by molar-refractivity contribution is 0.0321. The largest absolute Gasteiger partial charge is 0.451 e. The fourth-order valence-electron chi connectivity index (χ4n) is 3.48. The molecular weight excluding hydrogens is 314 g/mol. The molecule has 0 fully saturated rings. The Morgan fingerprint density at radius 3 is 2.76 bits per heavy atom. The SMILES string of the molecule is C[C@H](OC(=O)c1c[nH]c2ccccc12)C(=O)c1ccc2c(c1)CCC2. The van der Waals surface area contributed by atoms with Gasteiger partial charge in [0.05, 0.1) is 5.56 Å². The molecule has 0 unspecified atom stereocenters. The van der Waals surface area contributed by atoms with E-state index in [1.807, 2.05) is 42.5 Å². The molecule has 4 nitrogen and oxygen atoms in total. The Morgan fingerprint density at radius 1 is 1.08 bits per heavy atom. The second kappa shape index (κ2) is 6.20. The predicted octanol–water partition coefficient (Wildman–Crippen LogP) is 4.08. The van der Waals surface area contributed by atoms with Crippen molar-refractivity contribution in [2.24, 2.45) is 0 Å². The lowest BCUT2D eigenvalue weighted by atomic mass is 10.0. The number of aromatic nitrogens is 1. The number of aromatic amines is 1. The first-order valence-electron chi connectivity index (χ1n) is 8.56. The molecule has 3 aromatic rings. The predicted molar refractivity (Wildman–Crippen MR) is 96.0 cm³/mol. The minimum Gasteiger partial charge on any atom is -0.451 e. The van der Waals surface area contributed by atoms with Crippen LogP contribution in [0.1, 0.15) is 45.2 Å². The topological polar surface area (TPSA) is 59.2 Å². The quantitative estimate of drug-likeness (QED) is 0.578. The first-order valence-corrected chi connectivity index (χ1v) is 8.56. The molecule has 1 atom stereocenters. The van der Waals surface area contributed by atoms with E-state index in [1.54, 1.807) is 13.1 Å². The fourth-order valence-corrected chi connectivity index (χ4v) is 3.48. The zero-order valence-corrected chi connectivity index (χ0v) is 14.0. The van der Waals surface area contributed by atoms with E-state index in [2.05, 4.69) is 4.98 Å². The van der Waals surface area contributed by atoms with Crippen LogP contribution in [0.5, 0.6) is 0 Å². The van der Waals surface area contributed by atoms with Crippen molar-refractivity contribution >= 4 is 22.7 Å². The molecule has 2 aromatic carbocycles. The van der Waals surface area contributed by atoms with Crippen LogP contribution in [0.25, 0.3) is 10.9 Å². The molecule has 1 aliphatic carbocycles. The van der Waals surface area contributed by atoms with E-state index >= 15 is 0 Å². The number of carbonyl (C=O) groups is 2. The Labute approximate surface area is 145 Å². The molecule has 126 valence electrons. The molecule has 0 saturated heterocycles. The molecule has 4 rings (SSSR count). The minimum absolute atomic E-state index is 0.164. The van der Waals surface area contributed by atoms with Crippen LogP contribution in [0.15, 0.2) is 48.7 Å². The highest BCUT2D eigenvalue weighted by molar-refractivity contribution is 6.06. The molecule has 1 aliphatic rings. The average molecular weight is 333 g/mol. The van der Waals surface area contributed by atoms with E-state index in [0.717, 1.165) is 30.2 Å². The number of carbonyl (C=O) groups excluding carboxylic acids is 2. The van der Waals surface area contributed by atoms with Crippen molar-refractivity contribution in [3.8, 4) is 0 Å². The van der Waals surface area contributed by atoms with Crippen molar-refractivity contribution in [3.63, 3.8) is 0 Å². The van der Waals surface area contributed by atoms with E-state index in [0.29, 0.717) is 11.1 Å². The van der Waals surface area contributed by atoms with E-state index in [9.17, 15) is 9.59 Å². The fraction of sp³-hybridized carbons (Fsp3) is 0.238. The number of ketones is 1. The van der Waals surface area contributed by atoms with Crippen molar-refractivity contribution in [1.29, 1.82) is 0 Å². The molecule has 0 aliphatic heterocycles. The molecule has 0 radical (unpaired) electrons. The average Bonchev–Trinajstić information content (AvgIpc) is 3.26.